The molecule has 2 heteroatoms. The molecule has 0 aromatic heterocycles. The first kappa shape index (κ1) is 17.0. The van der Waals surface area contributed by atoms with Crippen LogP contribution in [0.3, 0.4) is 0 Å². The highest BCUT2D eigenvalue weighted by molar-refractivity contribution is 5.88. The normalized spacial score (nSPS) is 15.3. The molecule has 1 aliphatic heterocycles. The lowest BCUT2D eigenvalue weighted by Crippen LogP contribution is -2.35. The van der Waals surface area contributed by atoms with Gasteiger partial charge in [0.25, 0.3) is 0 Å². The van der Waals surface area contributed by atoms with Crippen LogP contribution in [-0.2, 0) is 13.0 Å². The van der Waals surface area contributed by atoms with Crippen LogP contribution in [-0.4, -0.2) is 16.6 Å². The van der Waals surface area contributed by atoms with E-state index in [4.69, 9.17) is 0 Å². The van der Waals surface area contributed by atoms with Crippen molar-refractivity contribution in [1.29, 1.82) is 0 Å². The number of phenols is 1. The van der Waals surface area contributed by atoms with Crippen LogP contribution in [0.1, 0.15) is 28.3 Å². The zero-order chi connectivity index (χ0) is 18.9. The van der Waals surface area contributed by atoms with Gasteiger partial charge in [-0.15, -0.1) is 0 Å². The third kappa shape index (κ3) is 2.96. The molecule has 138 valence electrons. The van der Waals surface area contributed by atoms with Crippen LogP contribution in [0, 0.1) is 0 Å². The monoisotopic (exact) mass is 365 g/mol. The maximum atomic E-state index is 10.9. The van der Waals surface area contributed by atoms with E-state index in [9.17, 15) is 5.11 Å². The summed E-state index contributed by atoms with van der Waals surface area (Å²) in [4.78, 5) is 2.50. The Kier molecular flexibility index (Phi) is 4.34. The summed E-state index contributed by atoms with van der Waals surface area (Å²) in [5.41, 5.74) is 5.04. The van der Waals surface area contributed by atoms with Gasteiger partial charge in [0.1, 0.15) is 5.75 Å². The SMILES string of the molecule is Oc1ccc2ccccc2c1C(c1ccccc1)N1CCc2ccccc2C1. The van der Waals surface area contributed by atoms with Crippen LogP contribution >= 0.6 is 0 Å². The fourth-order valence-corrected chi connectivity index (χ4v) is 4.50. The Morgan fingerprint density at radius 3 is 2.29 bits per heavy atom. The van der Waals surface area contributed by atoms with E-state index in [0.717, 1.165) is 35.8 Å². The Morgan fingerprint density at radius 1 is 0.714 bits per heavy atom. The van der Waals surface area contributed by atoms with Gasteiger partial charge in [-0.25, -0.2) is 0 Å². The summed E-state index contributed by atoms with van der Waals surface area (Å²) in [6, 6.07) is 31.5. The number of nitrogens with zero attached hydrogens (tertiary/aromatic N) is 1. The van der Waals surface area contributed by atoms with E-state index >= 15 is 0 Å². The molecule has 1 aliphatic rings. The molecule has 0 saturated heterocycles. The maximum absolute atomic E-state index is 10.9. The minimum absolute atomic E-state index is 0.0145. The third-order valence-corrected chi connectivity index (χ3v) is 5.86. The van der Waals surface area contributed by atoms with Crippen molar-refractivity contribution in [2.24, 2.45) is 0 Å². The lowest BCUT2D eigenvalue weighted by molar-refractivity contribution is 0.204. The molecule has 4 aromatic rings. The predicted molar refractivity (Wildman–Crippen MR) is 114 cm³/mol. The molecule has 0 amide bonds. The molecule has 2 nitrogen and oxygen atoms in total. The van der Waals surface area contributed by atoms with Crippen LogP contribution in [0.25, 0.3) is 10.8 Å². The third-order valence-electron chi connectivity index (χ3n) is 5.86. The Labute approximate surface area is 165 Å². The van der Waals surface area contributed by atoms with Gasteiger partial charge in [0.15, 0.2) is 0 Å². The first-order valence-electron chi connectivity index (χ1n) is 9.87. The summed E-state index contributed by atoms with van der Waals surface area (Å²) in [5, 5.41) is 13.2. The highest BCUT2D eigenvalue weighted by atomic mass is 16.3. The van der Waals surface area contributed by atoms with E-state index in [2.05, 4.69) is 83.8 Å². The molecule has 0 radical (unpaired) electrons. The smallest absolute Gasteiger partial charge is 0.121 e. The predicted octanol–water partition coefficient (Wildman–Crippen LogP) is 5.69. The first-order valence-corrected chi connectivity index (χ1v) is 9.87. The van der Waals surface area contributed by atoms with Gasteiger partial charge in [-0.1, -0.05) is 84.9 Å². The summed E-state index contributed by atoms with van der Waals surface area (Å²) in [5.74, 6) is 0.367. The fourth-order valence-electron chi connectivity index (χ4n) is 4.50. The van der Waals surface area contributed by atoms with Crippen molar-refractivity contribution in [2.75, 3.05) is 6.54 Å². The van der Waals surface area contributed by atoms with Gasteiger partial charge in [-0.2, -0.15) is 0 Å². The van der Waals surface area contributed by atoms with Crippen molar-refractivity contribution in [3.05, 3.63) is 113 Å². The summed E-state index contributed by atoms with van der Waals surface area (Å²) >= 11 is 0. The molecule has 1 N–H and O–H groups in total. The van der Waals surface area contributed by atoms with Crippen molar-refractivity contribution in [3.63, 3.8) is 0 Å². The van der Waals surface area contributed by atoms with E-state index in [1.807, 2.05) is 12.1 Å². The Bertz CT molecular complexity index is 1120. The molecule has 1 unspecified atom stereocenters. The summed E-state index contributed by atoms with van der Waals surface area (Å²) in [6.07, 6.45) is 1.03. The van der Waals surface area contributed by atoms with E-state index in [0.29, 0.717) is 5.75 Å². The number of phenolic OH excluding ortho intramolecular Hbond substituents is 1. The van der Waals surface area contributed by atoms with Crippen LogP contribution in [0.2, 0.25) is 0 Å². The molecular formula is C26H23NO. The molecule has 0 fully saturated rings. The number of aromatic hydroxyl groups is 1. The molecule has 0 bridgehead atoms. The molecule has 5 rings (SSSR count). The molecule has 0 spiro atoms. The standard InChI is InChI=1S/C26H23NO/c28-24-15-14-20-9-6-7-13-23(20)25(24)26(21-10-2-1-3-11-21)27-17-16-19-8-4-5-12-22(19)18-27/h1-15,26,28H,16-18H2. The fraction of sp³-hybridized carbons (Fsp3) is 0.154. The van der Waals surface area contributed by atoms with Gasteiger partial charge in [-0.05, 0) is 39.9 Å². The van der Waals surface area contributed by atoms with Crippen molar-refractivity contribution in [3.8, 4) is 5.75 Å². The van der Waals surface area contributed by atoms with Crippen LogP contribution in [0.5, 0.6) is 5.75 Å². The van der Waals surface area contributed by atoms with E-state index in [1.54, 1.807) is 0 Å². The van der Waals surface area contributed by atoms with E-state index in [1.165, 1.54) is 16.7 Å². The number of hydrogen-bond donors (Lipinski definition) is 1. The first-order chi connectivity index (χ1) is 13.8. The largest absolute Gasteiger partial charge is 0.508 e. The lowest BCUT2D eigenvalue weighted by Gasteiger charge is -2.37. The van der Waals surface area contributed by atoms with Crippen LogP contribution in [0.4, 0.5) is 0 Å². The summed E-state index contributed by atoms with van der Waals surface area (Å²) in [6.45, 7) is 1.86. The Balaban J connectivity index is 1.69. The zero-order valence-electron chi connectivity index (χ0n) is 15.8. The molecular weight excluding hydrogens is 342 g/mol. The van der Waals surface area contributed by atoms with Crippen molar-refractivity contribution in [2.45, 2.75) is 19.0 Å². The van der Waals surface area contributed by atoms with Gasteiger partial charge in [0, 0.05) is 18.7 Å². The number of hydrogen-bond acceptors (Lipinski definition) is 2. The van der Waals surface area contributed by atoms with Crippen molar-refractivity contribution < 1.29 is 5.11 Å². The molecule has 0 aliphatic carbocycles. The topological polar surface area (TPSA) is 23.5 Å². The zero-order valence-corrected chi connectivity index (χ0v) is 15.8. The molecule has 0 saturated carbocycles. The van der Waals surface area contributed by atoms with Gasteiger partial charge < -0.3 is 5.11 Å². The molecule has 4 aromatic carbocycles. The Morgan fingerprint density at radius 2 is 1.43 bits per heavy atom. The average Bonchev–Trinajstić information content (AvgIpc) is 2.76. The van der Waals surface area contributed by atoms with Gasteiger partial charge in [0.2, 0.25) is 0 Å². The average molecular weight is 365 g/mol. The molecule has 1 atom stereocenters. The van der Waals surface area contributed by atoms with E-state index < -0.39 is 0 Å². The second kappa shape index (κ2) is 7.14. The van der Waals surface area contributed by atoms with Crippen molar-refractivity contribution >= 4 is 10.8 Å². The highest BCUT2D eigenvalue weighted by Crippen LogP contribution is 2.41. The second-order valence-corrected chi connectivity index (χ2v) is 7.52. The molecule has 1 heterocycles. The van der Waals surface area contributed by atoms with Crippen molar-refractivity contribution in [1.82, 2.24) is 4.90 Å². The van der Waals surface area contributed by atoms with E-state index in [-0.39, 0.29) is 6.04 Å². The van der Waals surface area contributed by atoms with Crippen LogP contribution in [0.15, 0.2) is 91.0 Å². The Hall–Kier alpha value is -3.10. The van der Waals surface area contributed by atoms with Gasteiger partial charge >= 0.3 is 0 Å². The van der Waals surface area contributed by atoms with Gasteiger partial charge in [0.05, 0.1) is 6.04 Å². The second-order valence-electron chi connectivity index (χ2n) is 7.52. The minimum Gasteiger partial charge on any atom is -0.508 e. The quantitative estimate of drug-likeness (QED) is 0.504. The maximum Gasteiger partial charge on any atom is 0.121 e. The summed E-state index contributed by atoms with van der Waals surface area (Å²) in [7, 11) is 0. The highest BCUT2D eigenvalue weighted by Gasteiger charge is 2.29. The lowest BCUT2D eigenvalue weighted by atomic mass is 9.89. The van der Waals surface area contributed by atoms with Gasteiger partial charge in [-0.3, -0.25) is 4.90 Å². The minimum atomic E-state index is 0.0145. The number of rotatable bonds is 3. The summed E-state index contributed by atoms with van der Waals surface area (Å²) < 4.78 is 0. The molecule has 28 heavy (non-hydrogen) atoms. The number of benzene rings is 4. The number of fused-ring (bicyclic) bond motifs is 2. The van der Waals surface area contributed by atoms with Crippen LogP contribution < -0.4 is 0 Å².